The Bertz CT molecular complexity index is 433. The van der Waals surface area contributed by atoms with Crippen molar-refractivity contribution in [2.75, 3.05) is 6.61 Å². The van der Waals surface area contributed by atoms with Crippen molar-refractivity contribution in [2.24, 2.45) is 0 Å². The highest BCUT2D eigenvalue weighted by molar-refractivity contribution is 5.66. The van der Waals surface area contributed by atoms with Crippen molar-refractivity contribution >= 4 is 11.8 Å². The van der Waals surface area contributed by atoms with Crippen LogP contribution in [0.2, 0.25) is 0 Å². The summed E-state index contributed by atoms with van der Waals surface area (Å²) in [5.41, 5.74) is 0.523. The van der Waals surface area contributed by atoms with E-state index in [2.05, 4.69) is 4.98 Å². The molecule has 0 atom stereocenters. The number of carboxylic acids is 1. The SMILES string of the molecule is Cc1ccc(OCCCC(=O)O)c([N+](=O)[O-])n1. The van der Waals surface area contributed by atoms with Gasteiger partial charge in [0.2, 0.25) is 5.75 Å². The molecule has 1 aromatic rings. The Morgan fingerprint density at radius 3 is 2.88 bits per heavy atom. The van der Waals surface area contributed by atoms with Crippen LogP contribution in [0.5, 0.6) is 5.75 Å². The van der Waals surface area contributed by atoms with Crippen LogP contribution < -0.4 is 4.74 Å². The molecular formula is C10H12N2O5. The first-order valence-electron chi connectivity index (χ1n) is 4.97. The molecule has 1 heterocycles. The van der Waals surface area contributed by atoms with Crippen molar-refractivity contribution < 1.29 is 19.6 Å². The van der Waals surface area contributed by atoms with Crippen LogP contribution in [0.15, 0.2) is 12.1 Å². The molecule has 0 fully saturated rings. The number of aliphatic carboxylic acids is 1. The Kier molecular flexibility index (Phi) is 4.38. The van der Waals surface area contributed by atoms with Crippen LogP contribution in [0.3, 0.4) is 0 Å². The van der Waals surface area contributed by atoms with E-state index in [4.69, 9.17) is 9.84 Å². The van der Waals surface area contributed by atoms with Gasteiger partial charge in [-0.2, -0.15) is 0 Å². The summed E-state index contributed by atoms with van der Waals surface area (Å²) in [5.74, 6) is -1.21. The molecule has 17 heavy (non-hydrogen) atoms. The summed E-state index contributed by atoms with van der Waals surface area (Å²) in [6, 6.07) is 3.06. The van der Waals surface area contributed by atoms with Crippen LogP contribution in [-0.4, -0.2) is 27.6 Å². The van der Waals surface area contributed by atoms with E-state index in [1.165, 1.54) is 6.07 Å². The molecule has 0 unspecified atom stereocenters. The standard InChI is InChI=1S/C10H12N2O5/c1-7-4-5-8(10(11-7)12(15)16)17-6-2-3-9(13)14/h4-5H,2-3,6H2,1H3,(H,13,14). The first kappa shape index (κ1) is 12.9. The van der Waals surface area contributed by atoms with Gasteiger partial charge in [-0.1, -0.05) is 0 Å². The lowest BCUT2D eigenvalue weighted by Crippen LogP contribution is -2.05. The average Bonchev–Trinajstić information content (AvgIpc) is 2.25. The molecule has 0 amide bonds. The lowest BCUT2D eigenvalue weighted by Gasteiger charge is -2.05. The second kappa shape index (κ2) is 5.78. The number of hydrogen-bond acceptors (Lipinski definition) is 5. The Labute approximate surface area is 97.2 Å². The maximum atomic E-state index is 10.7. The number of rotatable bonds is 6. The van der Waals surface area contributed by atoms with Gasteiger partial charge >= 0.3 is 11.8 Å². The Balaban J connectivity index is 2.64. The minimum atomic E-state index is -0.926. The molecule has 0 saturated heterocycles. The van der Waals surface area contributed by atoms with Crippen molar-refractivity contribution in [1.82, 2.24) is 4.98 Å². The third-order valence-electron chi connectivity index (χ3n) is 1.94. The van der Waals surface area contributed by atoms with Crippen molar-refractivity contribution in [2.45, 2.75) is 19.8 Å². The number of nitrogens with zero attached hydrogens (tertiary/aromatic N) is 2. The molecule has 7 nitrogen and oxygen atoms in total. The summed E-state index contributed by atoms with van der Waals surface area (Å²) in [5, 5.41) is 19.1. The molecule has 1 aromatic heterocycles. The van der Waals surface area contributed by atoms with Gasteiger partial charge in [0.15, 0.2) is 0 Å². The summed E-state index contributed by atoms with van der Waals surface area (Å²) in [4.78, 5) is 24.1. The van der Waals surface area contributed by atoms with Gasteiger partial charge in [-0.05, 0) is 28.5 Å². The van der Waals surface area contributed by atoms with Gasteiger partial charge in [-0.25, -0.2) is 0 Å². The quantitative estimate of drug-likeness (QED) is 0.459. The molecule has 0 radical (unpaired) electrons. The fourth-order valence-corrected chi connectivity index (χ4v) is 1.18. The largest absolute Gasteiger partial charge is 0.486 e. The van der Waals surface area contributed by atoms with E-state index in [-0.39, 0.29) is 24.6 Å². The maximum absolute atomic E-state index is 10.7. The van der Waals surface area contributed by atoms with Gasteiger partial charge in [0.05, 0.1) is 6.61 Å². The average molecular weight is 240 g/mol. The Morgan fingerprint density at radius 2 is 2.29 bits per heavy atom. The molecule has 0 spiro atoms. The number of ether oxygens (including phenoxy) is 1. The minimum absolute atomic E-state index is 0.0346. The predicted molar refractivity (Wildman–Crippen MR) is 58.0 cm³/mol. The zero-order valence-corrected chi connectivity index (χ0v) is 9.25. The molecule has 0 aliphatic heterocycles. The zero-order valence-electron chi connectivity index (χ0n) is 9.25. The molecular weight excluding hydrogens is 228 g/mol. The molecule has 92 valence electrons. The van der Waals surface area contributed by atoms with Crippen LogP contribution >= 0.6 is 0 Å². The molecule has 0 bridgehead atoms. The zero-order chi connectivity index (χ0) is 12.8. The second-order valence-corrected chi connectivity index (χ2v) is 3.38. The maximum Gasteiger partial charge on any atom is 0.406 e. The van der Waals surface area contributed by atoms with Gasteiger partial charge in [-0.3, -0.25) is 4.79 Å². The Morgan fingerprint density at radius 1 is 1.59 bits per heavy atom. The van der Waals surface area contributed by atoms with E-state index >= 15 is 0 Å². The highest BCUT2D eigenvalue weighted by Gasteiger charge is 2.17. The molecule has 7 heteroatoms. The number of pyridine rings is 1. The van der Waals surface area contributed by atoms with Crippen molar-refractivity contribution in [3.63, 3.8) is 0 Å². The van der Waals surface area contributed by atoms with Gasteiger partial charge in [0, 0.05) is 13.3 Å². The third-order valence-corrected chi connectivity index (χ3v) is 1.94. The summed E-state index contributed by atoms with van der Waals surface area (Å²) in [6.45, 7) is 1.75. The number of aryl methyl sites for hydroxylation is 1. The summed E-state index contributed by atoms with van der Waals surface area (Å²) in [6.07, 6.45) is 0.257. The first-order valence-corrected chi connectivity index (χ1v) is 4.97. The number of hydrogen-bond donors (Lipinski definition) is 1. The number of carbonyl (C=O) groups is 1. The van der Waals surface area contributed by atoms with E-state index in [1.807, 2.05) is 0 Å². The minimum Gasteiger partial charge on any atom is -0.486 e. The van der Waals surface area contributed by atoms with Gasteiger partial charge in [0.25, 0.3) is 0 Å². The first-order chi connectivity index (χ1) is 8.00. The lowest BCUT2D eigenvalue weighted by molar-refractivity contribution is -0.390. The lowest BCUT2D eigenvalue weighted by atomic mass is 10.3. The van der Waals surface area contributed by atoms with E-state index in [9.17, 15) is 14.9 Å². The molecule has 1 N–H and O–H groups in total. The van der Waals surface area contributed by atoms with E-state index in [1.54, 1.807) is 13.0 Å². The van der Waals surface area contributed by atoms with E-state index < -0.39 is 10.9 Å². The summed E-state index contributed by atoms with van der Waals surface area (Å²) in [7, 11) is 0. The van der Waals surface area contributed by atoms with Crippen LogP contribution in [0.4, 0.5) is 5.82 Å². The summed E-state index contributed by atoms with van der Waals surface area (Å²) < 4.78 is 5.14. The normalized spacial score (nSPS) is 9.94. The predicted octanol–water partition coefficient (Wildman–Crippen LogP) is 1.54. The van der Waals surface area contributed by atoms with E-state index in [0.717, 1.165) is 0 Å². The smallest absolute Gasteiger partial charge is 0.406 e. The second-order valence-electron chi connectivity index (χ2n) is 3.38. The topological polar surface area (TPSA) is 103 Å². The molecule has 0 saturated carbocycles. The fraction of sp³-hybridized carbons (Fsp3) is 0.400. The van der Waals surface area contributed by atoms with Gasteiger partial charge in [-0.15, -0.1) is 0 Å². The fourth-order valence-electron chi connectivity index (χ4n) is 1.18. The number of carboxylic acid groups (broad SMARTS) is 1. The van der Waals surface area contributed by atoms with Crippen molar-refractivity contribution in [3.8, 4) is 5.75 Å². The van der Waals surface area contributed by atoms with Gasteiger partial charge < -0.3 is 20.0 Å². The van der Waals surface area contributed by atoms with Gasteiger partial charge in [0.1, 0.15) is 5.69 Å². The monoisotopic (exact) mass is 240 g/mol. The number of nitro groups is 1. The highest BCUT2D eigenvalue weighted by atomic mass is 16.6. The molecule has 1 rings (SSSR count). The Hall–Kier alpha value is -2.18. The van der Waals surface area contributed by atoms with Crippen molar-refractivity contribution in [3.05, 3.63) is 27.9 Å². The highest BCUT2D eigenvalue weighted by Crippen LogP contribution is 2.24. The van der Waals surface area contributed by atoms with Crippen LogP contribution in [0.1, 0.15) is 18.5 Å². The summed E-state index contributed by atoms with van der Waals surface area (Å²) >= 11 is 0. The number of aromatic nitrogens is 1. The molecule has 0 aliphatic rings. The third kappa shape index (κ3) is 4.06. The van der Waals surface area contributed by atoms with E-state index in [0.29, 0.717) is 12.1 Å². The molecule has 0 aliphatic carbocycles. The van der Waals surface area contributed by atoms with Crippen LogP contribution in [0, 0.1) is 17.0 Å². The van der Waals surface area contributed by atoms with Crippen LogP contribution in [0.25, 0.3) is 0 Å². The van der Waals surface area contributed by atoms with Crippen LogP contribution in [-0.2, 0) is 4.79 Å². The molecule has 0 aromatic carbocycles. The van der Waals surface area contributed by atoms with Crippen molar-refractivity contribution in [1.29, 1.82) is 0 Å².